The van der Waals surface area contributed by atoms with Gasteiger partial charge in [0.1, 0.15) is 11.3 Å². The molecule has 1 aromatic rings. The van der Waals surface area contributed by atoms with Crippen molar-refractivity contribution >= 4 is 5.91 Å². The van der Waals surface area contributed by atoms with E-state index in [9.17, 15) is 9.59 Å². The Labute approximate surface area is 149 Å². The molecule has 25 heavy (non-hydrogen) atoms. The smallest absolute Gasteiger partial charge is 0.349 e. The van der Waals surface area contributed by atoms with Crippen LogP contribution in [-0.4, -0.2) is 47.4 Å². The molecule has 4 rings (SSSR count). The number of rotatable bonds is 3. The number of likely N-dealkylation sites (tertiary alicyclic amines) is 2. The van der Waals surface area contributed by atoms with Gasteiger partial charge in [-0.2, -0.15) is 0 Å². The lowest BCUT2D eigenvalue weighted by Crippen LogP contribution is -2.63. The fraction of sp³-hybridized carbons (Fsp3) is 0.700. The summed E-state index contributed by atoms with van der Waals surface area (Å²) >= 11 is 0. The Morgan fingerprint density at radius 3 is 2.52 bits per heavy atom. The van der Waals surface area contributed by atoms with Gasteiger partial charge in [-0.1, -0.05) is 12.8 Å². The largest absolute Gasteiger partial charge is 0.427 e. The van der Waals surface area contributed by atoms with Crippen molar-refractivity contribution in [2.75, 3.05) is 19.6 Å². The first-order chi connectivity index (χ1) is 12.0. The van der Waals surface area contributed by atoms with E-state index in [2.05, 4.69) is 11.8 Å². The minimum Gasteiger partial charge on any atom is -0.427 e. The number of amides is 1. The van der Waals surface area contributed by atoms with Gasteiger partial charge in [0.25, 0.3) is 5.91 Å². The van der Waals surface area contributed by atoms with Crippen molar-refractivity contribution in [3.63, 3.8) is 0 Å². The van der Waals surface area contributed by atoms with Gasteiger partial charge in [-0.15, -0.1) is 0 Å². The molecule has 1 saturated carbocycles. The molecule has 1 atom stereocenters. The van der Waals surface area contributed by atoms with Crippen LogP contribution < -0.4 is 5.63 Å². The van der Waals surface area contributed by atoms with Crippen LogP contribution in [0.1, 0.15) is 73.0 Å². The Balaban J connectivity index is 1.44. The molecule has 3 fully saturated rings. The van der Waals surface area contributed by atoms with E-state index in [4.69, 9.17) is 4.42 Å². The molecule has 3 heterocycles. The van der Waals surface area contributed by atoms with E-state index in [0.717, 1.165) is 43.8 Å². The summed E-state index contributed by atoms with van der Waals surface area (Å²) in [6, 6.07) is 2.95. The lowest BCUT2D eigenvalue weighted by Gasteiger charge is -2.49. The first-order valence-corrected chi connectivity index (χ1v) is 9.74. The quantitative estimate of drug-likeness (QED) is 0.846. The summed E-state index contributed by atoms with van der Waals surface area (Å²) < 4.78 is 5.48. The van der Waals surface area contributed by atoms with Crippen LogP contribution in [0.3, 0.4) is 0 Å². The van der Waals surface area contributed by atoms with Crippen LogP contribution in [0, 0.1) is 6.92 Å². The van der Waals surface area contributed by atoms with Crippen LogP contribution in [0.15, 0.2) is 15.3 Å². The summed E-state index contributed by atoms with van der Waals surface area (Å²) in [5, 5.41) is 0. The molecular weight excluding hydrogens is 316 g/mol. The molecule has 2 aliphatic heterocycles. The van der Waals surface area contributed by atoms with Crippen molar-refractivity contribution in [3.8, 4) is 0 Å². The monoisotopic (exact) mass is 344 g/mol. The minimum atomic E-state index is -0.457. The topological polar surface area (TPSA) is 53.8 Å². The summed E-state index contributed by atoms with van der Waals surface area (Å²) in [6.45, 7) is 6.72. The van der Waals surface area contributed by atoms with Crippen molar-refractivity contribution in [1.82, 2.24) is 9.80 Å². The van der Waals surface area contributed by atoms with Gasteiger partial charge in [0.2, 0.25) is 0 Å². The first-order valence-electron chi connectivity index (χ1n) is 9.74. The Kier molecular flexibility index (Phi) is 4.44. The number of aryl methyl sites for hydroxylation is 1. The number of carbonyl (C=O) groups excluding carboxylic acids is 1. The lowest BCUT2D eigenvalue weighted by molar-refractivity contribution is 0.00182. The predicted octanol–water partition coefficient (Wildman–Crippen LogP) is 2.91. The van der Waals surface area contributed by atoms with E-state index in [1.54, 1.807) is 4.90 Å². The predicted molar refractivity (Wildman–Crippen MR) is 96.0 cm³/mol. The number of nitrogens with zero attached hydrogens (tertiary/aromatic N) is 2. The highest BCUT2D eigenvalue weighted by Gasteiger charge is 2.39. The third-order valence-corrected chi connectivity index (χ3v) is 6.36. The second-order valence-electron chi connectivity index (χ2n) is 8.07. The number of hydrogen-bond acceptors (Lipinski definition) is 4. The van der Waals surface area contributed by atoms with E-state index < -0.39 is 5.63 Å². The molecule has 1 amide bonds. The Bertz CT molecular complexity index is 716. The van der Waals surface area contributed by atoms with Gasteiger partial charge in [0.05, 0.1) is 0 Å². The van der Waals surface area contributed by atoms with Crippen LogP contribution in [-0.2, 0) is 0 Å². The highest BCUT2D eigenvalue weighted by Crippen LogP contribution is 2.36. The van der Waals surface area contributed by atoms with E-state index in [1.165, 1.54) is 25.7 Å². The third kappa shape index (κ3) is 3.03. The van der Waals surface area contributed by atoms with Crippen LogP contribution in [0.2, 0.25) is 0 Å². The summed E-state index contributed by atoms with van der Waals surface area (Å²) in [4.78, 5) is 29.5. The zero-order valence-corrected chi connectivity index (χ0v) is 15.3. The molecule has 0 bridgehead atoms. The molecule has 1 aromatic heterocycles. The highest BCUT2D eigenvalue weighted by molar-refractivity contribution is 5.95. The molecular formula is C20H28N2O3. The van der Waals surface area contributed by atoms with Crippen molar-refractivity contribution in [3.05, 3.63) is 33.4 Å². The molecule has 1 unspecified atom stereocenters. The van der Waals surface area contributed by atoms with Crippen LogP contribution in [0.25, 0.3) is 0 Å². The average molecular weight is 344 g/mol. The Morgan fingerprint density at radius 2 is 1.92 bits per heavy atom. The molecule has 0 spiro atoms. The fourth-order valence-electron chi connectivity index (χ4n) is 4.44. The third-order valence-electron chi connectivity index (χ3n) is 6.36. The minimum absolute atomic E-state index is 0.160. The van der Waals surface area contributed by atoms with E-state index in [-0.39, 0.29) is 11.5 Å². The first kappa shape index (κ1) is 16.8. The zero-order valence-electron chi connectivity index (χ0n) is 15.3. The van der Waals surface area contributed by atoms with Gasteiger partial charge < -0.3 is 9.32 Å². The van der Waals surface area contributed by atoms with Crippen LogP contribution in [0.5, 0.6) is 0 Å². The normalized spacial score (nSPS) is 25.5. The molecule has 136 valence electrons. The van der Waals surface area contributed by atoms with Gasteiger partial charge in [0, 0.05) is 31.1 Å². The van der Waals surface area contributed by atoms with E-state index in [0.29, 0.717) is 18.0 Å². The van der Waals surface area contributed by atoms with Crippen LogP contribution in [0.4, 0.5) is 0 Å². The molecule has 3 aliphatic rings. The van der Waals surface area contributed by atoms with Gasteiger partial charge in [-0.05, 0) is 57.7 Å². The van der Waals surface area contributed by atoms with Gasteiger partial charge >= 0.3 is 5.63 Å². The lowest BCUT2D eigenvalue weighted by atomic mass is 9.83. The summed E-state index contributed by atoms with van der Waals surface area (Å²) in [5.41, 5.74) is 0.535. The SMILES string of the molecule is Cc1cc(C2CCC2)oc(=O)c1C(=O)N1CC(N2CCCCC2C)C1. The second-order valence-corrected chi connectivity index (χ2v) is 8.07. The number of carbonyl (C=O) groups is 1. The van der Waals surface area contributed by atoms with Gasteiger partial charge in [-0.3, -0.25) is 9.69 Å². The molecule has 0 N–H and O–H groups in total. The highest BCUT2D eigenvalue weighted by atomic mass is 16.4. The average Bonchev–Trinajstić information content (AvgIpc) is 2.45. The molecule has 5 nitrogen and oxygen atoms in total. The summed E-state index contributed by atoms with van der Waals surface area (Å²) in [7, 11) is 0. The maximum Gasteiger partial charge on any atom is 0.349 e. The van der Waals surface area contributed by atoms with Gasteiger partial charge in [-0.25, -0.2) is 4.79 Å². The van der Waals surface area contributed by atoms with Crippen molar-refractivity contribution in [1.29, 1.82) is 0 Å². The summed E-state index contributed by atoms with van der Waals surface area (Å²) in [6.07, 6.45) is 7.16. The maximum absolute atomic E-state index is 12.8. The van der Waals surface area contributed by atoms with Crippen molar-refractivity contribution < 1.29 is 9.21 Å². The van der Waals surface area contributed by atoms with Crippen molar-refractivity contribution in [2.45, 2.75) is 70.4 Å². The van der Waals surface area contributed by atoms with Crippen molar-refractivity contribution in [2.24, 2.45) is 0 Å². The molecule has 2 saturated heterocycles. The van der Waals surface area contributed by atoms with Gasteiger partial charge in [0.15, 0.2) is 0 Å². The maximum atomic E-state index is 12.8. The van der Waals surface area contributed by atoms with E-state index in [1.807, 2.05) is 13.0 Å². The number of piperidine rings is 1. The number of hydrogen-bond donors (Lipinski definition) is 0. The Hall–Kier alpha value is -1.62. The molecule has 5 heteroatoms. The molecule has 0 radical (unpaired) electrons. The van der Waals surface area contributed by atoms with E-state index >= 15 is 0 Å². The Morgan fingerprint density at radius 1 is 1.16 bits per heavy atom. The van der Waals surface area contributed by atoms with Crippen LogP contribution >= 0.6 is 0 Å². The fourth-order valence-corrected chi connectivity index (χ4v) is 4.44. The zero-order chi connectivity index (χ0) is 17.6. The molecule has 0 aromatic carbocycles. The molecule has 1 aliphatic carbocycles. The summed E-state index contributed by atoms with van der Waals surface area (Å²) in [5.74, 6) is 0.964. The standard InChI is InChI=1S/C20H28N2O3/c1-13-10-17(15-7-5-8-15)25-20(24)18(13)19(23)21-11-16(12-21)22-9-4-3-6-14(22)2/h10,14-16H,3-9,11-12H2,1-2H3. The second kappa shape index (κ2) is 6.60.